The van der Waals surface area contributed by atoms with Crippen LogP contribution in [0.25, 0.3) is 97.4 Å². The van der Waals surface area contributed by atoms with Crippen molar-refractivity contribution in [3.8, 4) is 22.9 Å². The van der Waals surface area contributed by atoms with Gasteiger partial charge < -0.3 is 0 Å². The summed E-state index contributed by atoms with van der Waals surface area (Å²) in [4.78, 5) is 25.5. The van der Waals surface area contributed by atoms with E-state index in [-0.39, 0.29) is 5.56 Å². The first-order chi connectivity index (χ1) is 25.3. The number of para-hydroxylation sites is 2. The highest BCUT2D eigenvalue weighted by Gasteiger charge is 2.25. The summed E-state index contributed by atoms with van der Waals surface area (Å²) in [5, 5.41) is 9.48. The van der Waals surface area contributed by atoms with Gasteiger partial charge in [0.15, 0.2) is 5.65 Å². The van der Waals surface area contributed by atoms with E-state index >= 15 is 0 Å². The number of nitrogens with zero attached hydrogens (tertiary/aromatic N) is 4. The van der Waals surface area contributed by atoms with E-state index in [0.29, 0.717) is 17.0 Å². The van der Waals surface area contributed by atoms with Gasteiger partial charge in [-0.25, -0.2) is 4.98 Å². The smallest absolute Gasteiger partial charge is 0.264 e. The molecule has 0 atom stereocenters. The molecule has 0 amide bonds. The molecule has 51 heavy (non-hydrogen) atoms. The van der Waals surface area contributed by atoms with Crippen molar-refractivity contribution < 1.29 is 0 Å². The van der Waals surface area contributed by atoms with Crippen LogP contribution in [0.1, 0.15) is 0 Å². The topological polar surface area (TPSA) is 52.7 Å². The van der Waals surface area contributed by atoms with Crippen LogP contribution in [-0.4, -0.2) is 19.1 Å². The van der Waals surface area contributed by atoms with Crippen molar-refractivity contribution in [1.29, 1.82) is 0 Å². The van der Waals surface area contributed by atoms with Crippen molar-refractivity contribution >= 4 is 85.9 Å². The number of fused-ring (bicyclic) bond motifs is 13. The molecule has 0 bridgehead atoms. The van der Waals surface area contributed by atoms with Gasteiger partial charge in [-0.3, -0.25) is 13.9 Å². The SMILES string of the molecule is O=c1c2ccccc2c2c(-c3ccccc3)nc(-n3c4ccccc4c4c5ccccc5c5c6ccccc6sc5c43)nc2n1-c1ccccc1. The minimum atomic E-state index is -0.118. The maximum Gasteiger partial charge on any atom is 0.264 e. The summed E-state index contributed by atoms with van der Waals surface area (Å²) in [7, 11) is 0. The molecule has 7 aromatic carbocycles. The van der Waals surface area contributed by atoms with E-state index in [1.807, 2.05) is 84.1 Å². The Hall–Kier alpha value is -6.63. The van der Waals surface area contributed by atoms with Gasteiger partial charge in [0, 0.05) is 42.6 Å². The fourth-order valence-corrected chi connectivity index (χ4v) is 9.27. The Labute approximate surface area is 294 Å². The summed E-state index contributed by atoms with van der Waals surface area (Å²) < 4.78 is 6.41. The van der Waals surface area contributed by atoms with Crippen molar-refractivity contribution in [3.63, 3.8) is 0 Å². The van der Waals surface area contributed by atoms with Crippen LogP contribution >= 0.6 is 11.3 Å². The van der Waals surface area contributed by atoms with Crippen LogP contribution in [0.3, 0.4) is 0 Å². The van der Waals surface area contributed by atoms with Gasteiger partial charge in [-0.2, -0.15) is 4.98 Å². The average molecular weight is 671 g/mol. The Morgan fingerprint density at radius 3 is 1.78 bits per heavy atom. The molecular formula is C45H26N4OS. The molecule has 11 rings (SSSR count). The van der Waals surface area contributed by atoms with Gasteiger partial charge in [0.25, 0.3) is 5.56 Å². The van der Waals surface area contributed by atoms with E-state index < -0.39 is 0 Å². The van der Waals surface area contributed by atoms with E-state index in [1.54, 1.807) is 4.57 Å². The Morgan fingerprint density at radius 2 is 1.04 bits per heavy atom. The van der Waals surface area contributed by atoms with E-state index in [4.69, 9.17) is 9.97 Å². The number of rotatable bonds is 3. The molecule has 0 N–H and O–H groups in total. The molecule has 6 heteroatoms. The summed E-state index contributed by atoms with van der Waals surface area (Å²) in [5.41, 5.74) is 5.00. The Kier molecular flexibility index (Phi) is 5.91. The number of hydrogen-bond acceptors (Lipinski definition) is 4. The molecule has 0 spiro atoms. The lowest BCUT2D eigenvalue weighted by Gasteiger charge is -2.17. The molecular weight excluding hydrogens is 645 g/mol. The highest BCUT2D eigenvalue weighted by atomic mass is 32.1. The zero-order valence-electron chi connectivity index (χ0n) is 27.1. The fraction of sp³-hybridized carbons (Fsp3) is 0. The summed E-state index contributed by atoms with van der Waals surface area (Å²) in [6.07, 6.45) is 0. The van der Waals surface area contributed by atoms with Crippen LogP contribution in [-0.2, 0) is 0 Å². The minimum Gasteiger partial charge on any atom is -0.276 e. The quantitative estimate of drug-likeness (QED) is 0.176. The van der Waals surface area contributed by atoms with Crippen molar-refractivity contribution in [1.82, 2.24) is 19.1 Å². The maximum absolute atomic E-state index is 14.5. The molecule has 4 heterocycles. The number of pyridine rings is 1. The Morgan fingerprint density at radius 1 is 0.471 bits per heavy atom. The Bertz CT molecular complexity index is 3270. The van der Waals surface area contributed by atoms with Crippen molar-refractivity contribution in [2.24, 2.45) is 0 Å². The van der Waals surface area contributed by atoms with Crippen LogP contribution in [0.5, 0.6) is 0 Å². The normalized spacial score (nSPS) is 12.0. The van der Waals surface area contributed by atoms with Gasteiger partial charge in [0.05, 0.1) is 32.5 Å². The zero-order chi connectivity index (χ0) is 33.6. The fourth-order valence-electron chi connectivity index (χ4n) is 8.01. The average Bonchev–Trinajstić information content (AvgIpc) is 3.76. The highest BCUT2D eigenvalue weighted by molar-refractivity contribution is 7.27. The van der Waals surface area contributed by atoms with Crippen LogP contribution in [0.2, 0.25) is 0 Å². The van der Waals surface area contributed by atoms with Gasteiger partial charge >= 0.3 is 0 Å². The first-order valence-electron chi connectivity index (χ1n) is 17.0. The van der Waals surface area contributed by atoms with Crippen LogP contribution in [0.4, 0.5) is 0 Å². The number of benzene rings is 7. The predicted octanol–water partition coefficient (Wildman–Crippen LogP) is 11.2. The Balaban J connectivity index is 1.41. The lowest BCUT2D eigenvalue weighted by molar-refractivity contribution is 0.969. The number of aromatic nitrogens is 4. The van der Waals surface area contributed by atoms with Gasteiger partial charge in [-0.05, 0) is 41.1 Å². The summed E-state index contributed by atoms with van der Waals surface area (Å²) >= 11 is 1.81. The lowest BCUT2D eigenvalue weighted by Crippen LogP contribution is -2.21. The number of thiophene rings is 1. The first-order valence-corrected chi connectivity index (χ1v) is 17.8. The third-order valence-corrected chi connectivity index (χ3v) is 11.3. The van der Waals surface area contributed by atoms with Gasteiger partial charge in [-0.1, -0.05) is 127 Å². The summed E-state index contributed by atoms with van der Waals surface area (Å²) in [6, 6.07) is 53.8. The monoisotopic (exact) mass is 670 g/mol. The molecule has 4 aromatic heterocycles. The predicted molar refractivity (Wildman–Crippen MR) is 213 cm³/mol. The second kappa shape index (κ2) is 10.7. The molecule has 5 nitrogen and oxygen atoms in total. The molecule has 0 saturated carbocycles. The van der Waals surface area contributed by atoms with Gasteiger partial charge in [0.1, 0.15) is 0 Å². The van der Waals surface area contributed by atoms with E-state index in [9.17, 15) is 4.79 Å². The highest BCUT2D eigenvalue weighted by Crippen LogP contribution is 2.47. The number of hydrogen-bond donors (Lipinski definition) is 0. The standard InChI is InChI=1S/C45H26N4OS/c50-44-32-22-10-9-21-31(32)39-40(27-15-3-1-4-16-27)46-45(47-43(39)48(44)28-17-5-2-6-18-28)49-35-25-13-11-23-33(35)37-29-19-7-8-20-30(29)38-34-24-12-14-26-36(34)51-42(38)41(37)49/h1-26H. The van der Waals surface area contributed by atoms with E-state index in [0.717, 1.165) is 44.1 Å². The van der Waals surface area contributed by atoms with Crippen LogP contribution < -0.4 is 5.56 Å². The molecule has 11 aromatic rings. The molecule has 0 aliphatic carbocycles. The maximum atomic E-state index is 14.5. The molecule has 0 unspecified atom stereocenters. The second-order valence-corrected chi connectivity index (χ2v) is 13.9. The largest absolute Gasteiger partial charge is 0.276 e. The van der Waals surface area contributed by atoms with Gasteiger partial charge in [0.2, 0.25) is 5.95 Å². The molecule has 0 radical (unpaired) electrons. The van der Waals surface area contributed by atoms with Crippen molar-refractivity contribution in [2.45, 2.75) is 0 Å². The molecule has 0 fully saturated rings. The first kappa shape index (κ1) is 28.2. The zero-order valence-corrected chi connectivity index (χ0v) is 27.9. The van der Waals surface area contributed by atoms with Crippen LogP contribution in [0, 0.1) is 0 Å². The second-order valence-electron chi connectivity index (χ2n) is 12.9. The minimum absolute atomic E-state index is 0.118. The van der Waals surface area contributed by atoms with E-state index in [1.165, 1.54) is 36.3 Å². The van der Waals surface area contributed by atoms with Crippen molar-refractivity contribution in [2.75, 3.05) is 0 Å². The summed E-state index contributed by atoms with van der Waals surface area (Å²) in [6.45, 7) is 0. The van der Waals surface area contributed by atoms with Crippen molar-refractivity contribution in [3.05, 3.63) is 168 Å². The van der Waals surface area contributed by atoms with E-state index in [2.05, 4.69) is 89.5 Å². The summed E-state index contributed by atoms with van der Waals surface area (Å²) in [5.74, 6) is 0.515. The third kappa shape index (κ3) is 3.93. The molecule has 0 aliphatic heterocycles. The van der Waals surface area contributed by atoms with Crippen LogP contribution in [0.15, 0.2) is 163 Å². The molecule has 238 valence electrons. The third-order valence-electron chi connectivity index (χ3n) is 10.1. The molecule has 0 saturated heterocycles. The molecule has 0 aliphatic rings. The lowest BCUT2D eigenvalue weighted by atomic mass is 9.99. The van der Waals surface area contributed by atoms with Gasteiger partial charge in [-0.15, -0.1) is 11.3 Å².